The molecule has 7 nitrogen and oxygen atoms in total. The first-order valence-corrected chi connectivity index (χ1v) is 10.3. The molecule has 3 aromatic rings. The third-order valence-electron chi connectivity index (χ3n) is 4.94. The number of morpholine rings is 1. The van der Waals surface area contributed by atoms with E-state index >= 15 is 0 Å². The van der Waals surface area contributed by atoms with Gasteiger partial charge in [-0.2, -0.15) is 9.67 Å². The van der Waals surface area contributed by atoms with Gasteiger partial charge in [-0.25, -0.2) is 0 Å². The van der Waals surface area contributed by atoms with E-state index in [4.69, 9.17) is 20.8 Å². The molecular formula is C19H17ClN4O3S. The number of fused-ring (bicyclic) bond motifs is 1. The third kappa shape index (κ3) is 3.16. The second-order valence-electron chi connectivity index (χ2n) is 6.63. The van der Waals surface area contributed by atoms with Crippen molar-refractivity contribution in [3.05, 3.63) is 53.2 Å². The second kappa shape index (κ2) is 7.36. The highest BCUT2D eigenvalue weighted by Gasteiger charge is 2.43. The van der Waals surface area contributed by atoms with Crippen LogP contribution < -0.4 is 0 Å². The van der Waals surface area contributed by atoms with Gasteiger partial charge in [-0.1, -0.05) is 35.5 Å². The van der Waals surface area contributed by atoms with Crippen molar-refractivity contribution in [1.82, 2.24) is 19.7 Å². The number of halogens is 1. The van der Waals surface area contributed by atoms with Gasteiger partial charge < -0.3 is 9.15 Å². The Morgan fingerprint density at radius 3 is 2.64 bits per heavy atom. The molecule has 2 unspecified atom stereocenters. The van der Waals surface area contributed by atoms with Gasteiger partial charge in [0.2, 0.25) is 5.82 Å². The number of carbonyl (C=O) groups is 1. The lowest BCUT2D eigenvalue weighted by molar-refractivity contribution is 0.0152. The molecule has 28 heavy (non-hydrogen) atoms. The number of aromatic nitrogens is 3. The Balaban J connectivity index is 1.47. The van der Waals surface area contributed by atoms with E-state index in [1.807, 2.05) is 24.3 Å². The average Bonchev–Trinajstić information content (AvgIpc) is 3.43. The summed E-state index contributed by atoms with van der Waals surface area (Å²) in [6.45, 7) is 2.85. The Hall–Kier alpha value is -2.13. The molecule has 4 heterocycles. The number of thioether (sulfide) groups is 1. The normalized spacial score (nSPS) is 21.0. The maximum atomic E-state index is 13.2. The van der Waals surface area contributed by atoms with E-state index in [2.05, 4.69) is 15.0 Å². The summed E-state index contributed by atoms with van der Waals surface area (Å²) in [5.74, 6) is 0.903. The molecule has 2 aromatic heterocycles. The first-order valence-electron chi connectivity index (χ1n) is 9.00. The van der Waals surface area contributed by atoms with Gasteiger partial charge in [0.1, 0.15) is 5.25 Å². The van der Waals surface area contributed by atoms with Crippen LogP contribution in [0.15, 0.2) is 52.2 Å². The molecule has 0 spiro atoms. The topological polar surface area (TPSA) is 73.4 Å². The minimum Gasteiger partial charge on any atom is -0.461 e. The summed E-state index contributed by atoms with van der Waals surface area (Å²) in [5, 5.41) is 5.31. The van der Waals surface area contributed by atoms with E-state index in [0.29, 0.717) is 35.0 Å². The van der Waals surface area contributed by atoms with Crippen molar-refractivity contribution in [1.29, 1.82) is 0 Å². The van der Waals surface area contributed by atoms with Crippen molar-refractivity contribution in [2.24, 2.45) is 0 Å². The van der Waals surface area contributed by atoms with Gasteiger partial charge in [0.25, 0.3) is 5.91 Å². The van der Waals surface area contributed by atoms with E-state index in [0.717, 1.165) is 18.7 Å². The van der Waals surface area contributed by atoms with E-state index in [1.165, 1.54) is 16.4 Å². The summed E-state index contributed by atoms with van der Waals surface area (Å²) >= 11 is 7.52. The summed E-state index contributed by atoms with van der Waals surface area (Å²) in [4.78, 5) is 20.0. The fraction of sp³-hybridized carbons (Fsp3) is 0.316. The molecule has 0 saturated carbocycles. The quantitative estimate of drug-likeness (QED) is 0.645. The fourth-order valence-corrected chi connectivity index (χ4v) is 4.99. The summed E-state index contributed by atoms with van der Waals surface area (Å²) in [7, 11) is 0. The van der Waals surface area contributed by atoms with Crippen LogP contribution >= 0.6 is 23.4 Å². The molecule has 5 rings (SSSR count). The van der Waals surface area contributed by atoms with Crippen LogP contribution in [-0.4, -0.2) is 57.1 Å². The summed E-state index contributed by atoms with van der Waals surface area (Å²) in [6, 6.07) is 11.1. The zero-order valence-electron chi connectivity index (χ0n) is 14.8. The van der Waals surface area contributed by atoms with Gasteiger partial charge in [0.15, 0.2) is 10.9 Å². The molecule has 9 heteroatoms. The maximum absolute atomic E-state index is 13.2. The molecule has 1 fully saturated rings. The van der Waals surface area contributed by atoms with Gasteiger partial charge in [-0.05, 0) is 29.8 Å². The predicted octanol–water partition coefficient (Wildman–Crippen LogP) is 3.38. The predicted molar refractivity (Wildman–Crippen MR) is 105 cm³/mol. The SMILES string of the molecule is O=C1C(C(c2ccc(Cl)cc2)N2CCOCC2)Sc2nc(-c3ccco3)nn21. The molecule has 2 aliphatic rings. The summed E-state index contributed by atoms with van der Waals surface area (Å²) in [5.41, 5.74) is 1.05. The average molecular weight is 417 g/mol. The first kappa shape index (κ1) is 17.9. The number of rotatable bonds is 4. The minimum atomic E-state index is -0.333. The molecule has 0 aliphatic carbocycles. The van der Waals surface area contributed by atoms with Crippen LogP contribution in [0, 0.1) is 0 Å². The molecule has 0 amide bonds. The zero-order valence-corrected chi connectivity index (χ0v) is 16.4. The molecule has 1 saturated heterocycles. The van der Waals surface area contributed by atoms with Crippen LogP contribution in [0.5, 0.6) is 0 Å². The third-order valence-corrected chi connectivity index (χ3v) is 6.38. The molecule has 144 valence electrons. The smallest absolute Gasteiger partial charge is 0.264 e. The molecule has 0 radical (unpaired) electrons. The molecule has 0 bridgehead atoms. The number of furan rings is 1. The van der Waals surface area contributed by atoms with Crippen molar-refractivity contribution in [2.75, 3.05) is 26.3 Å². The van der Waals surface area contributed by atoms with Gasteiger partial charge in [-0.3, -0.25) is 9.69 Å². The lowest BCUT2D eigenvalue weighted by atomic mass is 10.0. The minimum absolute atomic E-state index is 0.0725. The number of benzene rings is 1. The van der Waals surface area contributed by atoms with E-state index in [-0.39, 0.29) is 17.2 Å². The van der Waals surface area contributed by atoms with Crippen LogP contribution in [0.4, 0.5) is 0 Å². The van der Waals surface area contributed by atoms with Crippen LogP contribution in [0.3, 0.4) is 0 Å². The van der Waals surface area contributed by atoms with Crippen molar-refractivity contribution < 1.29 is 13.9 Å². The number of nitrogens with zero attached hydrogens (tertiary/aromatic N) is 4. The number of carbonyl (C=O) groups excluding carboxylic acids is 1. The summed E-state index contributed by atoms with van der Waals surface area (Å²) < 4.78 is 12.3. The Bertz CT molecular complexity index is 983. The lowest BCUT2D eigenvalue weighted by Gasteiger charge is -2.36. The van der Waals surface area contributed by atoms with Crippen molar-refractivity contribution >= 4 is 29.3 Å². The summed E-state index contributed by atoms with van der Waals surface area (Å²) in [6.07, 6.45) is 1.56. The Labute approximate surface area is 170 Å². The molecule has 2 atom stereocenters. The maximum Gasteiger partial charge on any atom is 0.264 e. The standard InChI is InChI=1S/C19H17ClN4O3S/c20-13-5-3-12(4-6-13)15(23-7-10-26-11-8-23)16-18(25)24-19(28-16)21-17(22-24)14-2-1-9-27-14/h1-6,9,15-16H,7-8,10-11H2. The van der Waals surface area contributed by atoms with Crippen LogP contribution in [0.25, 0.3) is 11.6 Å². The Morgan fingerprint density at radius 2 is 1.96 bits per heavy atom. The van der Waals surface area contributed by atoms with Crippen LogP contribution in [0.2, 0.25) is 5.02 Å². The van der Waals surface area contributed by atoms with Crippen LogP contribution in [-0.2, 0) is 4.74 Å². The number of hydrogen-bond acceptors (Lipinski definition) is 7. The Kier molecular flexibility index (Phi) is 4.72. The largest absolute Gasteiger partial charge is 0.461 e. The van der Waals surface area contributed by atoms with Gasteiger partial charge >= 0.3 is 0 Å². The van der Waals surface area contributed by atoms with E-state index in [9.17, 15) is 4.79 Å². The second-order valence-corrected chi connectivity index (χ2v) is 8.17. The van der Waals surface area contributed by atoms with Gasteiger partial charge in [0, 0.05) is 18.1 Å². The fourth-order valence-electron chi connectivity index (χ4n) is 3.60. The molecule has 1 aromatic carbocycles. The van der Waals surface area contributed by atoms with Gasteiger partial charge in [-0.15, -0.1) is 5.10 Å². The molecule has 0 N–H and O–H groups in total. The first-order chi connectivity index (χ1) is 13.7. The van der Waals surface area contributed by atoms with E-state index in [1.54, 1.807) is 18.4 Å². The highest BCUT2D eigenvalue weighted by atomic mass is 35.5. The van der Waals surface area contributed by atoms with Crippen LogP contribution in [0.1, 0.15) is 16.4 Å². The van der Waals surface area contributed by atoms with Crippen molar-refractivity contribution in [3.8, 4) is 11.6 Å². The molecular weight excluding hydrogens is 400 g/mol. The Morgan fingerprint density at radius 1 is 1.18 bits per heavy atom. The zero-order chi connectivity index (χ0) is 19.1. The lowest BCUT2D eigenvalue weighted by Crippen LogP contribution is -2.44. The van der Waals surface area contributed by atoms with Crippen molar-refractivity contribution in [2.45, 2.75) is 16.4 Å². The highest BCUT2D eigenvalue weighted by Crippen LogP contribution is 2.42. The molecule has 2 aliphatic heterocycles. The number of ether oxygens (including phenoxy) is 1. The highest BCUT2D eigenvalue weighted by molar-refractivity contribution is 8.00. The number of hydrogen-bond donors (Lipinski definition) is 0. The van der Waals surface area contributed by atoms with E-state index < -0.39 is 0 Å². The monoisotopic (exact) mass is 416 g/mol. The van der Waals surface area contributed by atoms with Gasteiger partial charge in [0.05, 0.1) is 25.5 Å². The van der Waals surface area contributed by atoms with Crippen molar-refractivity contribution in [3.63, 3.8) is 0 Å².